The van der Waals surface area contributed by atoms with Crippen molar-refractivity contribution in [3.05, 3.63) is 48.3 Å². The number of fused-ring (bicyclic) bond motifs is 3. The van der Waals surface area contributed by atoms with Crippen LogP contribution in [0.2, 0.25) is 0 Å². The number of carbonyl (C=O) groups excluding carboxylic acids is 1. The quantitative estimate of drug-likeness (QED) is 0.375. The average Bonchev–Trinajstić information content (AvgIpc) is 2.83. The van der Waals surface area contributed by atoms with Crippen LogP contribution >= 0.6 is 7.60 Å². The van der Waals surface area contributed by atoms with Gasteiger partial charge in [-0.15, -0.1) is 6.42 Å². The van der Waals surface area contributed by atoms with Gasteiger partial charge in [0.25, 0.3) is 0 Å². The molecule has 3 aromatic rings. The molecule has 1 N–H and O–H groups in total. The molecule has 10 heteroatoms. The van der Waals surface area contributed by atoms with Crippen molar-refractivity contribution in [2.24, 2.45) is 0 Å². The molecule has 0 unspecified atom stereocenters. The van der Waals surface area contributed by atoms with Gasteiger partial charge >= 0.3 is 7.60 Å². The molecule has 1 aliphatic rings. The summed E-state index contributed by atoms with van der Waals surface area (Å²) < 4.78 is 29.5. The van der Waals surface area contributed by atoms with Gasteiger partial charge in [-0.2, -0.15) is 0 Å². The van der Waals surface area contributed by atoms with Crippen LogP contribution in [0, 0.1) is 12.3 Å². The maximum absolute atomic E-state index is 13.2. The predicted octanol–water partition coefficient (Wildman–Crippen LogP) is 4.35. The Kier molecular flexibility index (Phi) is 7.13. The molecule has 0 spiro atoms. The zero-order valence-electron chi connectivity index (χ0n) is 19.0. The zero-order valence-corrected chi connectivity index (χ0v) is 19.9. The zero-order chi connectivity index (χ0) is 24.1. The Morgan fingerprint density at radius 2 is 2.03 bits per heavy atom. The fraction of sp³-hybridized carbons (Fsp3) is 0.292. The van der Waals surface area contributed by atoms with Gasteiger partial charge in [-0.25, -0.2) is 9.97 Å². The number of hydrogen-bond acceptors (Lipinski definition) is 8. The van der Waals surface area contributed by atoms with Gasteiger partial charge < -0.3 is 24.0 Å². The first-order valence-corrected chi connectivity index (χ1v) is 12.6. The van der Waals surface area contributed by atoms with E-state index in [1.54, 1.807) is 30.9 Å². The fourth-order valence-corrected chi connectivity index (χ4v) is 5.33. The molecule has 1 aliphatic heterocycles. The molecule has 0 saturated carbocycles. The maximum atomic E-state index is 13.2. The van der Waals surface area contributed by atoms with Crippen molar-refractivity contribution in [1.29, 1.82) is 0 Å². The Morgan fingerprint density at radius 1 is 1.24 bits per heavy atom. The van der Waals surface area contributed by atoms with Crippen molar-refractivity contribution in [3.8, 4) is 18.1 Å². The molecule has 0 aliphatic carbocycles. The largest absolute Gasteiger partial charge is 0.489 e. The second-order valence-electron chi connectivity index (χ2n) is 7.38. The van der Waals surface area contributed by atoms with E-state index in [9.17, 15) is 9.36 Å². The van der Waals surface area contributed by atoms with Gasteiger partial charge in [-0.1, -0.05) is 12.0 Å². The fourth-order valence-electron chi connectivity index (χ4n) is 3.78. The molecule has 2 aromatic carbocycles. The highest BCUT2D eigenvalue weighted by Crippen LogP contribution is 2.49. The van der Waals surface area contributed by atoms with E-state index in [2.05, 4.69) is 21.2 Å². The number of nitrogens with one attached hydrogen (secondary N) is 1. The normalized spacial score (nSPS) is 13.1. The number of hydrogen-bond donors (Lipinski definition) is 1. The van der Waals surface area contributed by atoms with Gasteiger partial charge in [-0.3, -0.25) is 9.36 Å². The number of benzene rings is 2. The molecule has 34 heavy (non-hydrogen) atoms. The highest BCUT2D eigenvalue weighted by molar-refractivity contribution is 7.54. The number of ether oxygens (including phenoxy) is 1. The summed E-state index contributed by atoms with van der Waals surface area (Å²) in [4.78, 5) is 23.5. The van der Waals surface area contributed by atoms with Crippen molar-refractivity contribution < 1.29 is 23.1 Å². The van der Waals surface area contributed by atoms with Crippen molar-refractivity contribution in [2.45, 2.75) is 13.8 Å². The van der Waals surface area contributed by atoms with Crippen LogP contribution in [0.1, 0.15) is 19.4 Å². The van der Waals surface area contributed by atoms with Crippen LogP contribution in [0.15, 0.2) is 42.7 Å². The molecular weight excluding hydrogens is 455 g/mol. The summed E-state index contributed by atoms with van der Waals surface area (Å²) in [5.41, 5.74) is 2.67. The van der Waals surface area contributed by atoms with Gasteiger partial charge in [-0.05, 0) is 44.2 Å². The molecule has 0 atom stereocenters. The SMILES string of the molecule is C#Cc1cccc(Nc2ncnc3ccc4c(c23)OCCN4C(=O)CP(=O)(OCC)OCC)c1. The van der Waals surface area contributed by atoms with Crippen LogP contribution in [0.25, 0.3) is 10.9 Å². The first-order valence-electron chi connectivity index (χ1n) is 10.9. The van der Waals surface area contributed by atoms with Crippen LogP contribution in [0.3, 0.4) is 0 Å². The molecule has 2 heterocycles. The lowest BCUT2D eigenvalue weighted by atomic mass is 10.1. The summed E-state index contributed by atoms with van der Waals surface area (Å²) >= 11 is 0. The molecule has 1 amide bonds. The highest BCUT2D eigenvalue weighted by atomic mass is 31.2. The van der Waals surface area contributed by atoms with Gasteiger partial charge in [0, 0.05) is 11.3 Å². The summed E-state index contributed by atoms with van der Waals surface area (Å²) in [6.07, 6.45) is 6.61. The first-order chi connectivity index (χ1) is 16.5. The van der Waals surface area contributed by atoms with Gasteiger partial charge in [0.05, 0.1) is 36.3 Å². The standard InChI is InChI=1S/C24H25N4O5P/c1-4-17-8-7-9-18(14-17)27-24-22-19(25-16-26-24)10-11-20-23(22)31-13-12-28(20)21(29)15-34(30,32-5-2)33-6-3/h1,7-11,14,16H,5-6,12-13,15H2,2-3H3,(H,25,26,27). The molecular formula is C24H25N4O5P. The smallest absolute Gasteiger partial charge is 0.340 e. The molecule has 0 saturated heterocycles. The number of terminal acetylenes is 1. The lowest BCUT2D eigenvalue weighted by Gasteiger charge is -2.31. The summed E-state index contributed by atoms with van der Waals surface area (Å²) in [6.45, 7) is 4.34. The Balaban J connectivity index is 1.72. The van der Waals surface area contributed by atoms with E-state index in [1.807, 2.05) is 24.3 Å². The third kappa shape index (κ3) is 4.90. The minimum absolute atomic E-state index is 0.183. The number of carbonyl (C=O) groups is 1. The lowest BCUT2D eigenvalue weighted by molar-refractivity contribution is -0.116. The van der Waals surface area contributed by atoms with E-state index < -0.39 is 7.60 Å². The monoisotopic (exact) mass is 480 g/mol. The number of rotatable bonds is 8. The maximum Gasteiger partial charge on any atom is 0.340 e. The minimum Gasteiger partial charge on any atom is -0.489 e. The molecule has 0 radical (unpaired) electrons. The third-order valence-electron chi connectivity index (χ3n) is 5.16. The second kappa shape index (κ2) is 10.2. The number of anilines is 3. The average molecular weight is 480 g/mol. The van der Waals surface area contributed by atoms with Crippen molar-refractivity contribution in [3.63, 3.8) is 0 Å². The summed E-state index contributed by atoms with van der Waals surface area (Å²) in [6, 6.07) is 10.9. The summed E-state index contributed by atoms with van der Waals surface area (Å²) in [7, 11) is -3.55. The Labute approximate surface area is 198 Å². The molecule has 1 aromatic heterocycles. The topological polar surface area (TPSA) is 103 Å². The minimum atomic E-state index is -3.55. The van der Waals surface area contributed by atoms with E-state index in [0.29, 0.717) is 34.7 Å². The molecule has 176 valence electrons. The van der Waals surface area contributed by atoms with Crippen molar-refractivity contribution >= 4 is 41.6 Å². The van der Waals surface area contributed by atoms with Crippen LogP contribution < -0.4 is 15.0 Å². The van der Waals surface area contributed by atoms with Crippen LogP contribution in [-0.2, 0) is 18.4 Å². The number of nitrogens with zero attached hydrogens (tertiary/aromatic N) is 3. The van der Waals surface area contributed by atoms with E-state index in [-0.39, 0.29) is 31.9 Å². The van der Waals surface area contributed by atoms with Crippen molar-refractivity contribution in [2.75, 3.05) is 42.7 Å². The van der Waals surface area contributed by atoms with Crippen molar-refractivity contribution in [1.82, 2.24) is 9.97 Å². The Bertz CT molecular complexity index is 1300. The van der Waals surface area contributed by atoms with Crippen LogP contribution in [-0.4, -0.2) is 48.4 Å². The van der Waals surface area contributed by atoms with Crippen LogP contribution in [0.5, 0.6) is 5.75 Å². The lowest BCUT2D eigenvalue weighted by Crippen LogP contribution is -2.39. The summed E-state index contributed by atoms with van der Waals surface area (Å²) in [5.74, 6) is 3.22. The van der Waals surface area contributed by atoms with E-state index >= 15 is 0 Å². The number of aromatic nitrogens is 2. The van der Waals surface area contributed by atoms with Gasteiger partial charge in [0.15, 0.2) is 5.75 Å². The Morgan fingerprint density at radius 3 is 2.76 bits per heavy atom. The first kappa shape index (κ1) is 23.7. The number of amides is 1. The Hall–Kier alpha value is -3.44. The molecule has 0 fully saturated rings. The van der Waals surface area contributed by atoms with E-state index in [4.69, 9.17) is 20.2 Å². The van der Waals surface area contributed by atoms with E-state index in [1.165, 1.54) is 6.33 Å². The van der Waals surface area contributed by atoms with Crippen LogP contribution in [0.4, 0.5) is 17.2 Å². The van der Waals surface area contributed by atoms with Gasteiger partial charge in [0.2, 0.25) is 5.91 Å². The highest BCUT2D eigenvalue weighted by Gasteiger charge is 2.34. The van der Waals surface area contributed by atoms with E-state index in [0.717, 1.165) is 11.3 Å². The predicted molar refractivity (Wildman–Crippen MR) is 131 cm³/mol. The molecule has 9 nitrogen and oxygen atoms in total. The third-order valence-corrected chi connectivity index (χ3v) is 7.12. The second-order valence-corrected chi connectivity index (χ2v) is 9.43. The van der Waals surface area contributed by atoms with Gasteiger partial charge in [0.1, 0.15) is 24.9 Å². The molecule has 0 bridgehead atoms. The summed E-state index contributed by atoms with van der Waals surface area (Å²) in [5, 5.41) is 3.90. The molecule has 4 rings (SSSR count).